The monoisotopic (exact) mass is 158 g/mol. The molecule has 0 N–H and O–H groups in total. The van der Waals surface area contributed by atoms with E-state index in [2.05, 4.69) is 19.2 Å². The lowest BCUT2D eigenvalue weighted by molar-refractivity contribution is -0.105. The summed E-state index contributed by atoms with van der Waals surface area (Å²) < 4.78 is 0. The molecular weight excluding hydrogens is 147 g/mol. The molecule has 0 aliphatic rings. The summed E-state index contributed by atoms with van der Waals surface area (Å²) in [5, 5.41) is 0. The summed E-state index contributed by atoms with van der Waals surface area (Å²) >= 11 is 0. The molecule has 0 aromatic carbocycles. The summed E-state index contributed by atoms with van der Waals surface area (Å²) in [6, 6.07) is 0. The Bertz CT molecular complexity index is 175. The molecule has 0 aliphatic carbocycles. The molecule has 0 rings (SSSR count). The third-order valence-electron chi connectivity index (χ3n) is 0.929. The number of carbonyl (C=O) groups is 1. The number of aliphatic imine (C=N–C) groups is 2. The maximum Gasteiger partial charge on any atom is 0.191 e. The maximum absolute atomic E-state index is 10.5. The molecule has 4 heteroatoms. The Hall–Kier alpha value is -0.560. The average Bonchev–Trinajstić information content (AvgIpc) is 1.88. The maximum atomic E-state index is 10.5. The van der Waals surface area contributed by atoms with Crippen molar-refractivity contribution in [3.8, 4) is 0 Å². The number of nitrogens with zero attached hydrogens (tertiary/aromatic N) is 2. The van der Waals surface area contributed by atoms with E-state index in [1.54, 1.807) is 13.1 Å². The Morgan fingerprint density at radius 1 is 1.70 bits per heavy atom. The van der Waals surface area contributed by atoms with Gasteiger partial charge in [-0.2, -0.15) is 0 Å². The van der Waals surface area contributed by atoms with Crippen molar-refractivity contribution in [2.24, 2.45) is 9.98 Å². The molecule has 0 heterocycles. The summed E-state index contributed by atoms with van der Waals surface area (Å²) in [6.07, 6.45) is 1.66. The first-order valence-corrected chi connectivity index (χ1v) is 3.51. The van der Waals surface area contributed by atoms with Crippen molar-refractivity contribution in [3.05, 3.63) is 0 Å². The van der Waals surface area contributed by atoms with Crippen LogP contribution in [0.25, 0.3) is 0 Å². The first-order chi connectivity index (χ1) is 4.68. The molecular formula is C6H11N2OP. The van der Waals surface area contributed by atoms with Gasteiger partial charge in [-0.3, -0.25) is 14.8 Å². The van der Waals surface area contributed by atoms with Gasteiger partial charge in [-0.1, -0.05) is 9.24 Å². The summed E-state index contributed by atoms with van der Waals surface area (Å²) in [5.41, 5.74) is 0.418. The lowest BCUT2D eigenvalue weighted by Crippen LogP contribution is -2.00. The van der Waals surface area contributed by atoms with E-state index in [0.717, 1.165) is 0 Å². The van der Waals surface area contributed by atoms with Crippen molar-refractivity contribution < 1.29 is 4.79 Å². The number of rotatable bonds is 3. The van der Waals surface area contributed by atoms with E-state index in [1.807, 2.05) is 6.92 Å². The van der Waals surface area contributed by atoms with Crippen molar-refractivity contribution >= 4 is 26.7 Å². The molecule has 0 radical (unpaired) electrons. The van der Waals surface area contributed by atoms with Crippen LogP contribution in [0.15, 0.2) is 9.98 Å². The van der Waals surface area contributed by atoms with Crippen LogP contribution in [0.5, 0.6) is 0 Å². The topological polar surface area (TPSA) is 41.8 Å². The summed E-state index contributed by atoms with van der Waals surface area (Å²) in [4.78, 5) is 18.2. The van der Waals surface area contributed by atoms with Gasteiger partial charge in [-0.05, 0) is 20.1 Å². The van der Waals surface area contributed by atoms with E-state index >= 15 is 0 Å². The van der Waals surface area contributed by atoms with Crippen LogP contribution in [-0.2, 0) is 4.79 Å². The Balaban J connectivity index is 3.80. The van der Waals surface area contributed by atoms with Crippen molar-refractivity contribution in [2.75, 3.05) is 6.67 Å². The zero-order valence-corrected chi connectivity index (χ0v) is 7.32. The normalized spacial score (nSPS) is 12.5. The van der Waals surface area contributed by atoms with Gasteiger partial charge in [0.15, 0.2) is 5.52 Å². The van der Waals surface area contributed by atoms with Crippen molar-refractivity contribution in [1.82, 2.24) is 0 Å². The smallest absolute Gasteiger partial charge is 0.191 e. The van der Waals surface area contributed by atoms with Crippen LogP contribution in [0.2, 0.25) is 0 Å². The molecule has 0 saturated carbocycles. The standard InChI is InChI=1S/C6H11N2OP/c1-3-7-4-8-5(2)6(9)10/h3H,4,10H2,1-2H3/b7-3-,8-5+. The minimum Gasteiger partial charge on any atom is -0.288 e. The van der Waals surface area contributed by atoms with Gasteiger partial charge in [0.25, 0.3) is 0 Å². The van der Waals surface area contributed by atoms with Crippen LogP contribution < -0.4 is 0 Å². The predicted molar refractivity (Wildman–Crippen MR) is 46.9 cm³/mol. The Morgan fingerprint density at radius 2 is 2.30 bits per heavy atom. The fourth-order valence-corrected chi connectivity index (χ4v) is 0.398. The van der Waals surface area contributed by atoms with Gasteiger partial charge in [0, 0.05) is 0 Å². The Kier molecular flexibility index (Phi) is 4.95. The lowest BCUT2D eigenvalue weighted by atomic mass is 10.5. The number of carbonyl (C=O) groups excluding carboxylic acids is 1. The molecule has 0 fully saturated rings. The van der Waals surface area contributed by atoms with Crippen LogP contribution in [-0.4, -0.2) is 24.1 Å². The molecule has 0 amide bonds. The van der Waals surface area contributed by atoms with E-state index < -0.39 is 0 Å². The molecule has 1 atom stereocenters. The van der Waals surface area contributed by atoms with Gasteiger partial charge < -0.3 is 0 Å². The van der Waals surface area contributed by atoms with Gasteiger partial charge in [-0.15, -0.1) is 0 Å². The molecule has 0 aromatic heterocycles. The predicted octanol–water partition coefficient (Wildman–Crippen LogP) is 0.897. The Labute approximate surface area is 62.8 Å². The minimum atomic E-state index is -0.0775. The van der Waals surface area contributed by atoms with Gasteiger partial charge in [0.2, 0.25) is 0 Å². The highest BCUT2D eigenvalue weighted by molar-refractivity contribution is 7.45. The fourth-order valence-electron chi connectivity index (χ4n) is 0.306. The SMILES string of the molecule is C/C=N\C/N=C(\C)C(=O)P. The second kappa shape index (κ2) is 5.24. The first-order valence-electron chi connectivity index (χ1n) is 2.93. The molecule has 0 aromatic rings. The fraction of sp³-hybridized carbons (Fsp3) is 0.500. The zero-order chi connectivity index (χ0) is 7.98. The van der Waals surface area contributed by atoms with Crippen LogP contribution in [0.4, 0.5) is 0 Å². The molecule has 0 aliphatic heterocycles. The third kappa shape index (κ3) is 4.33. The molecule has 0 bridgehead atoms. The summed E-state index contributed by atoms with van der Waals surface area (Å²) in [6.45, 7) is 3.83. The van der Waals surface area contributed by atoms with E-state index in [4.69, 9.17) is 0 Å². The average molecular weight is 158 g/mol. The number of hydrogen-bond donors (Lipinski definition) is 0. The van der Waals surface area contributed by atoms with Gasteiger partial charge in [0.05, 0.1) is 5.71 Å². The molecule has 1 unspecified atom stereocenters. The van der Waals surface area contributed by atoms with Gasteiger partial charge in [-0.25, -0.2) is 0 Å². The molecule has 3 nitrogen and oxygen atoms in total. The van der Waals surface area contributed by atoms with Crippen LogP contribution >= 0.6 is 9.24 Å². The lowest BCUT2D eigenvalue weighted by Gasteiger charge is -1.89. The van der Waals surface area contributed by atoms with Crippen molar-refractivity contribution in [3.63, 3.8) is 0 Å². The van der Waals surface area contributed by atoms with E-state index in [-0.39, 0.29) is 5.52 Å². The highest BCUT2D eigenvalue weighted by atomic mass is 31.0. The number of hydrogen-bond acceptors (Lipinski definition) is 3. The highest BCUT2D eigenvalue weighted by Crippen LogP contribution is 1.89. The highest BCUT2D eigenvalue weighted by Gasteiger charge is 1.94. The first kappa shape index (κ1) is 9.44. The zero-order valence-electron chi connectivity index (χ0n) is 6.16. The second-order valence-corrected chi connectivity index (χ2v) is 2.21. The third-order valence-corrected chi connectivity index (χ3v) is 1.35. The van der Waals surface area contributed by atoms with Crippen LogP contribution in [0.1, 0.15) is 13.8 Å². The molecule has 56 valence electrons. The molecule has 0 saturated heterocycles. The van der Waals surface area contributed by atoms with Crippen molar-refractivity contribution in [1.29, 1.82) is 0 Å². The second-order valence-electron chi connectivity index (χ2n) is 1.69. The van der Waals surface area contributed by atoms with E-state index in [9.17, 15) is 4.79 Å². The van der Waals surface area contributed by atoms with Gasteiger partial charge in [0.1, 0.15) is 6.67 Å². The van der Waals surface area contributed by atoms with Crippen LogP contribution in [0.3, 0.4) is 0 Å². The van der Waals surface area contributed by atoms with Crippen molar-refractivity contribution in [2.45, 2.75) is 13.8 Å². The van der Waals surface area contributed by atoms with E-state index in [1.165, 1.54) is 0 Å². The summed E-state index contributed by atoms with van der Waals surface area (Å²) in [5.74, 6) is 0. The largest absolute Gasteiger partial charge is 0.288 e. The molecule has 0 spiro atoms. The Morgan fingerprint density at radius 3 is 2.70 bits per heavy atom. The van der Waals surface area contributed by atoms with Crippen LogP contribution in [0, 0.1) is 0 Å². The quantitative estimate of drug-likeness (QED) is 0.444. The summed E-state index contributed by atoms with van der Waals surface area (Å²) in [7, 11) is 2.06. The minimum absolute atomic E-state index is 0.0775. The van der Waals surface area contributed by atoms with Gasteiger partial charge >= 0.3 is 0 Å². The van der Waals surface area contributed by atoms with E-state index in [0.29, 0.717) is 12.4 Å². The molecule has 10 heavy (non-hydrogen) atoms.